The van der Waals surface area contributed by atoms with Gasteiger partial charge in [-0.25, -0.2) is 9.78 Å². The monoisotopic (exact) mass is 401 g/mol. The number of carbonyl (C=O) groups is 2. The van der Waals surface area contributed by atoms with E-state index in [4.69, 9.17) is 0 Å². The van der Waals surface area contributed by atoms with E-state index in [0.29, 0.717) is 37.2 Å². The molecule has 28 heavy (non-hydrogen) atoms. The number of nitrogens with zero attached hydrogens (tertiary/aromatic N) is 5. The van der Waals surface area contributed by atoms with E-state index in [9.17, 15) is 9.59 Å². The van der Waals surface area contributed by atoms with Gasteiger partial charge >= 0.3 is 6.03 Å². The van der Waals surface area contributed by atoms with Crippen molar-refractivity contribution in [2.24, 2.45) is 0 Å². The summed E-state index contributed by atoms with van der Waals surface area (Å²) in [5.41, 5.74) is 0. The van der Waals surface area contributed by atoms with Gasteiger partial charge in [0.15, 0.2) is 0 Å². The number of hydrogen-bond acceptors (Lipinski definition) is 7. The Morgan fingerprint density at radius 3 is 2.64 bits per heavy atom. The topological polar surface area (TPSA) is 103 Å². The van der Waals surface area contributed by atoms with Crippen LogP contribution in [0, 0.1) is 0 Å². The molecule has 0 aromatic carbocycles. The summed E-state index contributed by atoms with van der Waals surface area (Å²) < 4.78 is 0. The molecular weight excluding hydrogens is 378 g/mol. The highest BCUT2D eigenvalue weighted by Gasteiger charge is 2.28. The van der Waals surface area contributed by atoms with Crippen molar-refractivity contribution >= 4 is 34.2 Å². The smallest absolute Gasteiger partial charge is 0.318 e. The van der Waals surface area contributed by atoms with Gasteiger partial charge in [0.25, 0.3) is 0 Å². The van der Waals surface area contributed by atoms with E-state index >= 15 is 0 Å². The van der Waals surface area contributed by atoms with Gasteiger partial charge in [-0.1, -0.05) is 17.4 Å². The molecule has 3 amide bonds. The normalized spacial score (nSPS) is 17.9. The molecule has 2 aliphatic rings. The van der Waals surface area contributed by atoms with Crippen LogP contribution in [0.2, 0.25) is 0 Å². The van der Waals surface area contributed by atoms with Crippen LogP contribution in [0.1, 0.15) is 30.7 Å². The summed E-state index contributed by atoms with van der Waals surface area (Å²) in [6, 6.07) is 4.90. The maximum Gasteiger partial charge on any atom is 0.318 e. The van der Waals surface area contributed by atoms with Gasteiger partial charge in [0.05, 0.1) is 0 Å². The zero-order valence-electron chi connectivity index (χ0n) is 15.7. The van der Waals surface area contributed by atoms with E-state index in [1.807, 2.05) is 18.2 Å². The lowest BCUT2D eigenvalue weighted by atomic mass is 10.3. The molecule has 0 radical (unpaired) electrons. The number of hydrogen-bond donors (Lipinski definition) is 2. The molecule has 0 spiro atoms. The Balaban J connectivity index is 1.24. The Morgan fingerprint density at radius 2 is 1.96 bits per heavy atom. The van der Waals surface area contributed by atoms with Crippen molar-refractivity contribution in [2.45, 2.75) is 31.7 Å². The lowest BCUT2D eigenvalue weighted by molar-refractivity contribution is -0.117. The fourth-order valence-electron chi connectivity index (χ4n) is 3.02. The molecular formula is C18H23N7O2S. The lowest BCUT2D eigenvalue weighted by Gasteiger charge is -2.35. The first kappa shape index (κ1) is 18.6. The Bertz CT molecular complexity index is 831. The van der Waals surface area contributed by atoms with Crippen LogP contribution in [0.25, 0.3) is 0 Å². The third kappa shape index (κ3) is 4.38. The van der Waals surface area contributed by atoms with E-state index < -0.39 is 6.04 Å². The molecule has 1 saturated carbocycles. The van der Waals surface area contributed by atoms with E-state index in [0.717, 1.165) is 23.7 Å². The summed E-state index contributed by atoms with van der Waals surface area (Å²) in [5.74, 6) is 1.13. The molecule has 10 heteroatoms. The van der Waals surface area contributed by atoms with Crippen LogP contribution >= 0.6 is 11.3 Å². The first-order chi connectivity index (χ1) is 13.6. The molecule has 148 valence electrons. The summed E-state index contributed by atoms with van der Waals surface area (Å²) in [6.07, 6.45) is 4.05. The number of nitrogens with one attached hydrogen (secondary N) is 2. The first-order valence-electron chi connectivity index (χ1n) is 9.46. The van der Waals surface area contributed by atoms with Gasteiger partial charge in [-0.2, -0.15) is 0 Å². The van der Waals surface area contributed by atoms with Gasteiger partial charge in [0, 0.05) is 38.3 Å². The van der Waals surface area contributed by atoms with Gasteiger partial charge in [-0.3, -0.25) is 10.1 Å². The minimum absolute atomic E-state index is 0.237. The summed E-state index contributed by atoms with van der Waals surface area (Å²) >= 11 is 1.41. The minimum Gasteiger partial charge on any atom is -0.353 e. The Hall–Kier alpha value is -2.75. The van der Waals surface area contributed by atoms with Crippen LogP contribution in [0.4, 0.5) is 15.7 Å². The average Bonchev–Trinajstić information content (AvgIpc) is 3.48. The predicted octanol–water partition coefficient (Wildman–Crippen LogP) is 1.67. The van der Waals surface area contributed by atoms with Gasteiger partial charge < -0.3 is 15.1 Å². The van der Waals surface area contributed by atoms with E-state index in [1.54, 1.807) is 18.0 Å². The second-order valence-corrected chi connectivity index (χ2v) is 8.05. The van der Waals surface area contributed by atoms with Crippen molar-refractivity contribution in [2.75, 3.05) is 36.4 Å². The molecule has 9 nitrogen and oxygen atoms in total. The molecule has 1 aliphatic carbocycles. The maximum absolute atomic E-state index is 12.5. The standard InChI is InChI=1S/C18H23N7O2S/c1-12(15(26)21-17-23-22-16(28-17)13-5-6-13)20-18(27)25-10-8-24(9-11-25)14-4-2-3-7-19-14/h2-4,7,12-13H,5-6,8-11H2,1H3,(H,20,27)(H,21,23,26)/t12-/m1/s1. The number of carbonyl (C=O) groups excluding carboxylic acids is 2. The van der Waals surface area contributed by atoms with Crippen molar-refractivity contribution in [3.8, 4) is 0 Å². The molecule has 2 aromatic rings. The van der Waals surface area contributed by atoms with E-state index in [2.05, 4.69) is 30.7 Å². The van der Waals surface area contributed by atoms with Gasteiger partial charge in [-0.05, 0) is 31.9 Å². The second-order valence-electron chi connectivity index (χ2n) is 7.04. The third-order valence-electron chi connectivity index (χ3n) is 4.87. The lowest BCUT2D eigenvalue weighted by Crippen LogP contribution is -2.54. The molecule has 2 fully saturated rings. The number of aromatic nitrogens is 3. The summed E-state index contributed by atoms with van der Waals surface area (Å²) in [4.78, 5) is 33.0. The van der Waals surface area contributed by atoms with Crippen molar-refractivity contribution in [3.05, 3.63) is 29.4 Å². The average molecular weight is 401 g/mol. The van der Waals surface area contributed by atoms with Crippen molar-refractivity contribution < 1.29 is 9.59 Å². The predicted molar refractivity (Wildman–Crippen MR) is 107 cm³/mol. The second kappa shape index (κ2) is 8.09. The molecule has 2 aromatic heterocycles. The zero-order valence-corrected chi connectivity index (χ0v) is 16.5. The van der Waals surface area contributed by atoms with Crippen molar-refractivity contribution in [1.82, 2.24) is 25.4 Å². The Labute approximate surface area is 167 Å². The maximum atomic E-state index is 12.5. The molecule has 1 aliphatic heterocycles. The van der Waals surface area contributed by atoms with E-state index in [1.165, 1.54) is 11.3 Å². The number of amides is 3. The molecule has 4 rings (SSSR count). The van der Waals surface area contributed by atoms with Crippen LogP contribution < -0.4 is 15.5 Å². The molecule has 2 N–H and O–H groups in total. The van der Waals surface area contributed by atoms with Crippen LogP contribution in [0.5, 0.6) is 0 Å². The number of urea groups is 1. The molecule has 0 unspecified atom stereocenters. The highest BCUT2D eigenvalue weighted by atomic mass is 32.1. The van der Waals surface area contributed by atoms with E-state index in [-0.39, 0.29) is 11.9 Å². The third-order valence-corrected chi connectivity index (χ3v) is 5.87. The molecule has 3 heterocycles. The van der Waals surface area contributed by atoms with Crippen LogP contribution in [-0.4, -0.2) is 64.2 Å². The SMILES string of the molecule is C[C@@H](NC(=O)N1CCN(c2ccccn2)CC1)C(=O)Nc1nnc(C2CC2)s1. The molecule has 1 saturated heterocycles. The summed E-state index contributed by atoms with van der Waals surface area (Å²) in [5, 5.41) is 15.1. The van der Waals surface area contributed by atoms with Crippen molar-refractivity contribution in [3.63, 3.8) is 0 Å². The zero-order chi connectivity index (χ0) is 19.5. The number of piperazine rings is 1. The summed E-state index contributed by atoms with van der Waals surface area (Å²) in [6.45, 7) is 4.25. The van der Waals surface area contributed by atoms with Crippen LogP contribution in [-0.2, 0) is 4.79 Å². The fourth-order valence-corrected chi connectivity index (χ4v) is 3.93. The fraction of sp³-hybridized carbons (Fsp3) is 0.500. The Morgan fingerprint density at radius 1 is 1.18 bits per heavy atom. The van der Waals surface area contributed by atoms with Crippen LogP contribution in [0.3, 0.4) is 0 Å². The molecule has 1 atom stereocenters. The highest BCUT2D eigenvalue weighted by molar-refractivity contribution is 7.15. The summed E-state index contributed by atoms with van der Waals surface area (Å²) in [7, 11) is 0. The highest BCUT2D eigenvalue weighted by Crippen LogP contribution is 2.42. The number of anilines is 2. The van der Waals surface area contributed by atoms with Gasteiger partial charge in [0.2, 0.25) is 11.0 Å². The van der Waals surface area contributed by atoms with Crippen LogP contribution in [0.15, 0.2) is 24.4 Å². The Kier molecular flexibility index (Phi) is 5.38. The quantitative estimate of drug-likeness (QED) is 0.790. The largest absolute Gasteiger partial charge is 0.353 e. The number of pyridine rings is 1. The first-order valence-corrected chi connectivity index (χ1v) is 10.3. The van der Waals surface area contributed by atoms with Gasteiger partial charge in [-0.15, -0.1) is 10.2 Å². The molecule has 0 bridgehead atoms. The van der Waals surface area contributed by atoms with Gasteiger partial charge in [0.1, 0.15) is 16.9 Å². The minimum atomic E-state index is -0.658. The number of rotatable bonds is 5. The van der Waals surface area contributed by atoms with Crippen molar-refractivity contribution in [1.29, 1.82) is 0 Å².